The van der Waals surface area contributed by atoms with Gasteiger partial charge >= 0.3 is 11.9 Å². The lowest BCUT2D eigenvalue weighted by Gasteiger charge is -2.32. The predicted octanol–water partition coefficient (Wildman–Crippen LogP) is 1.45. The van der Waals surface area contributed by atoms with E-state index in [-0.39, 0.29) is 12.3 Å². The van der Waals surface area contributed by atoms with Crippen LogP contribution in [0.1, 0.15) is 32.6 Å². The number of carbonyl (C=O) groups excluding carboxylic acids is 2. The molecule has 0 bridgehead atoms. The van der Waals surface area contributed by atoms with E-state index in [0.717, 1.165) is 0 Å². The van der Waals surface area contributed by atoms with Crippen molar-refractivity contribution in [1.29, 1.82) is 0 Å². The van der Waals surface area contributed by atoms with Crippen molar-refractivity contribution >= 4 is 11.9 Å². The molecule has 5 nitrogen and oxygen atoms in total. The highest BCUT2D eigenvalue weighted by Gasteiger charge is 2.53. The van der Waals surface area contributed by atoms with Crippen LogP contribution in [0.5, 0.6) is 0 Å². The minimum Gasteiger partial charge on any atom is -0.468 e. The fourth-order valence-electron chi connectivity index (χ4n) is 2.81. The molecule has 1 aliphatic rings. The van der Waals surface area contributed by atoms with Crippen LogP contribution in [-0.2, 0) is 19.1 Å². The predicted molar refractivity (Wildman–Crippen MR) is 69.2 cm³/mol. The number of hydrogen-bond acceptors (Lipinski definition) is 5. The van der Waals surface area contributed by atoms with Crippen molar-refractivity contribution < 1.29 is 24.2 Å². The highest BCUT2D eigenvalue weighted by atomic mass is 16.5. The topological polar surface area (TPSA) is 72.8 Å². The molecule has 0 radical (unpaired) electrons. The van der Waals surface area contributed by atoms with Gasteiger partial charge in [-0.1, -0.05) is 6.08 Å². The maximum absolute atomic E-state index is 12.1. The first kappa shape index (κ1) is 15.7. The van der Waals surface area contributed by atoms with Crippen molar-refractivity contribution in [3.8, 4) is 0 Å². The lowest BCUT2D eigenvalue weighted by molar-refractivity contribution is -0.171. The van der Waals surface area contributed by atoms with E-state index in [1.165, 1.54) is 14.2 Å². The summed E-state index contributed by atoms with van der Waals surface area (Å²) in [6.07, 6.45) is 3.10. The summed E-state index contributed by atoms with van der Waals surface area (Å²) >= 11 is 0. The van der Waals surface area contributed by atoms with Crippen LogP contribution in [0.4, 0.5) is 0 Å². The van der Waals surface area contributed by atoms with Crippen molar-refractivity contribution in [2.75, 3.05) is 14.2 Å². The van der Waals surface area contributed by atoms with Gasteiger partial charge in [-0.05, 0) is 32.6 Å². The number of rotatable bonds is 3. The molecule has 0 aromatic heterocycles. The maximum atomic E-state index is 12.1. The number of esters is 2. The zero-order valence-electron chi connectivity index (χ0n) is 11.8. The zero-order chi connectivity index (χ0) is 14.7. The van der Waals surface area contributed by atoms with Gasteiger partial charge in [0, 0.05) is 5.92 Å². The molecular formula is C14H22O5. The number of aliphatic hydroxyl groups is 1. The van der Waals surface area contributed by atoms with Crippen LogP contribution in [0.25, 0.3) is 0 Å². The van der Waals surface area contributed by atoms with E-state index in [4.69, 9.17) is 9.47 Å². The van der Waals surface area contributed by atoms with Crippen molar-refractivity contribution in [1.82, 2.24) is 0 Å². The van der Waals surface area contributed by atoms with Crippen LogP contribution in [0, 0.1) is 11.3 Å². The fourth-order valence-corrected chi connectivity index (χ4v) is 2.81. The smallest absolute Gasteiger partial charge is 0.323 e. The molecule has 0 amide bonds. The molecule has 5 heteroatoms. The molecule has 1 saturated carbocycles. The highest BCUT2D eigenvalue weighted by Crippen LogP contribution is 2.44. The molecule has 2 atom stereocenters. The van der Waals surface area contributed by atoms with Crippen LogP contribution in [-0.4, -0.2) is 36.9 Å². The van der Waals surface area contributed by atoms with Crippen molar-refractivity contribution in [3.05, 3.63) is 12.7 Å². The van der Waals surface area contributed by atoms with Gasteiger partial charge in [-0.15, -0.1) is 6.58 Å². The van der Waals surface area contributed by atoms with Gasteiger partial charge in [-0.25, -0.2) is 0 Å². The van der Waals surface area contributed by atoms with Gasteiger partial charge in [0.05, 0.1) is 19.8 Å². The van der Waals surface area contributed by atoms with E-state index in [1.54, 1.807) is 13.0 Å². The van der Waals surface area contributed by atoms with Gasteiger partial charge < -0.3 is 14.6 Å². The summed E-state index contributed by atoms with van der Waals surface area (Å²) in [5, 5.41) is 10.4. The first-order valence-corrected chi connectivity index (χ1v) is 6.36. The Morgan fingerprint density at radius 3 is 2.21 bits per heavy atom. The van der Waals surface area contributed by atoms with Crippen LogP contribution in [0.3, 0.4) is 0 Å². The molecule has 0 heterocycles. The average Bonchev–Trinajstić information content (AvgIpc) is 2.53. The quantitative estimate of drug-likeness (QED) is 0.363. The second kappa shape index (κ2) is 5.74. The Morgan fingerprint density at radius 1 is 1.26 bits per heavy atom. The Labute approximate surface area is 113 Å². The van der Waals surface area contributed by atoms with E-state index < -0.39 is 23.0 Å². The van der Waals surface area contributed by atoms with Gasteiger partial charge in [-0.3, -0.25) is 9.59 Å². The molecule has 0 aromatic rings. The zero-order valence-corrected chi connectivity index (χ0v) is 11.8. The average molecular weight is 270 g/mol. The van der Waals surface area contributed by atoms with Crippen LogP contribution in [0.15, 0.2) is 12.7 Å². The first-order chi connectivity index (χ1) is 8.84. The molecule has 1 N–H and O–H groups in total. The molecule has 1 rings (SSSR count). The highest BCUT2D eigenvalue weighted by molar-refractivity contribution is 6.00. The minimum atomic E-state index is -1.34. The largest absolute Gasteiger partial charge is 0.468 e. The SMILES string of the molecule is C=C[C@H]1CC(C(=O)OC)(C(=O)OC)CCC[C@@]1(C)O. The molecule has 19 heavy (non-hydrogen) atoms. The van der Waals surface area contributed by atoms with Gasteiger partial charge in [0.1, 0.15) is 0 Å². The summed E-state index contributed by atoms with van der Waals surface area (Å²) in [7, 11) is 2.50. The molecule has 1 aliphatic carbocycles. The number of ether oxygens (including phenoxy) is 2. The molecule has 108 valence electrons. The van der Waals surface area contributed by atoms with Gasteiger partial charge in [0.25, 0.3) is 0 Å². The summed E-state index contributed by atoms with van der Waals surface area (Å²) in [6, 6.07) is 0. The summed E-state index contributed by atoms with van der Waals surface area (Å²) in [5.74, 6) is -1.58. The summed E-state index contributed by atoms with van der Waals surface area (Å²) < 4.78 is 9.55. The molecular weight excluding hydrogens is 248 g/mol. The Morgan fingerprint density at radius 2 is 1.79 bits per heavy atom. The molecule has 0 aromatic carbocycles. The molecule has 1 fully saturated rings. The van der Waals surface area contributed by atoms with Crippen LogP contribution < -0.4 is 0 Å². The lowest BCUT2D eigenvalue weighted by atomic mass is 9.75. The third kappa shape index (κ3) is 2.81. The Balaban J connectivity index is 3.21. The van der Waals surface area contributed by atoms with Gasteiger partial charge in [-0.2, -0.15) is 0 Å². The van der Waals surface area contributed by atoms with Crippen molar-refractivity contribution in [3.63, 3.8) is 0 Å². The summed E-state index contributed by atoms with van der Waals surface area (Å²) in [5.41, 5.74) is -2.33. The third-order valence-corrected chi connectivity index (χ3v) is 4.09. The number of carbonyl (C=O) groups is 2. The van der Waals surface area contributed by atoms with Crippen molar-refractivity contribution in [2.24, 2.45) is 11.3 Å². The normalized spacial score (nSPS) is 30.0. The summed E-state index contributed by atoms with van der Waals surface area (Å²) in [4.78, 5) is 24.2. The Kier molecular flexibility index (Phi) is 4.74. The van der Waals surface area contributed by atoms with Crippen molar-refractivity contribution in [2.45, 2.75) is 38.2 Å². The fraction of sp³-hybridized carbons (Fsp3) is 0.714. The second-order valence-corrected chi connectivity index (χ2v) is 5.32. The van der Waals surface area contributed by atoms with Gasteiger partial charge in [0.2, 0.25) is 0 Å². The Bertz CT molecular complexity index is 356. The van der Waals surface area contributed by atoms with Crippen LogP contribution >= 0.6 is 0 Å². The molecule has 0 saturated heterocycles. The minimum absolute atomic E-state index is 0.156. The van der Waals surface area contributed by atoms with E-state index in [1.807, 2.05) is 0 Å². The monoisotopic (exact) mass is 270 g/mol. The molecule has 0 aliphatic heterocycles. The number of methoxy groups -OCH3 is 2. The maximum Gasteiger partial charge on any atom is 0.323 e. The third-order valence-electron chi connectivity index (χ3n) is 4.09. The van der Waals surface area contributed by atoms with E-state index in [0.29, 0.717) is 19.3 Å². The lowest BCUT2D eigenvalue weighted by Crippen LogP contribution is -2.44. The second-order valence-electron chi connectivity index (χ2n) is 5.32. The molecule has 0 unspecified atom stereocenters. The van der Waals surface area contributed by atoms with E-state index in [9.17, 15) is 14.7 Å². The van der Waals surface area contributed by atoms with E-state index >= 15 is 0 Å². The first-order valence-electron chi connectivity index (χ1n) is 6.36. The molecule has 0 spiro atoms. The Hall–Kier alpha value is -1.36. The summed E-state index contributed by atoms with van der Waals surface area (Å²) in [6.45, 7) is 5.39. The van der Waals surface area contributed by atoms with E-state index in [2.05, 4.69) is 6.58 Å². The standard InChI is InChI=1S/C14H22O5/c1-5-10-9-14(11(15)18-3,12(16)19-4)8-6-7-13(10,2)17/h5,10,17H,1,6-9H2,2-4H3/t10-,13+/m0/s1. The number of hydrogen-bond donors (Lipinski definition) is 1. The van der Waals surface area contributed by atoms with Gasteiger partial charge in [0.15, 0.2) is 5.41 Å². The van der Waals surface area contributed by atoms with Crippen LogP contribution in [0.2, 0.25) is 0 Å².